The van der Waals surface area contributed by atoms with E-state index in [1.165, 1.54) is 15.5 Å². The van der Waals surface area contributed by atoms with Gasteiger partial charge in [0.15, 0.2) is 28.9 Å². The van der Waals surface area contributed by atoms with Crippen molar-refractivity contribution in [3.05, 3.63) is 100 Å². The van der Waals surface area contributed by atoms with Crippen LogP contribution in [0.2, 0.25) is 0 Å². The maximum absolute atomic E-state index is 14.2. The average Bonchev–Trinajstić information content (AvgIpc) is 3.53. The third-order valence-corrected chi connectivity index (χ3v) is 6.47. The number of aromatic hydroxyl groups is 1. The highest BCUT2D eigenvalue weighted by molar-refractivity contribution is 5.98. The molecule has 0 aliphatic rings. The molecule has 4 heterocycles. The van der Waals surface area contributed by atoms with E-state index < -0.39 is 17.4 Å². The van der Waals surface area contributed by atoms with Gasteiger partial charge in [0.1, 0.15) is 29.9 Å². The molecule has 0 aliphatic heterocycles. The van der Waals surface area contributed by atoms with Crippen LogP contribution in [0.25, 0.3) is 27.8 Å². The van der Waals surface area contributed by atoms with Crippen LogP contribution in [0.5, 0.6) is 5.75 Å². The molecule has 0 spiro atoms. The molecule has 10 nitrogen and oxygen atoms in total. The van der Waals surface area contributed by atoms with Gasteiger partial charge in [0, 0.05) is 11.8 Å². The molecule has 0 fully saturated rings. The number of phenols is 1. The maximum atomic E-state index is 14.2. The molecule has 0 bridgehead atoms. The Balaban J connectivity index is 1.56. The van der Waals surface area contributed by atoms with E-state index in [0.29, 0.717) is 11.3 Å². The summed E-state index contributed by atoms with van der Waals surface area (Å²) >= 11 is 0. The van der Waals surface area contributed by atoms with Crippen molar-refractivity contribution < 1.29 is 13.9 Å². The highest BCUT2D eigenvalue weighted by Crippen LogP contribution is 2.34. The SMILES string of the molecule is CC(c1ccccc1)n1c(Cn2nc(-c3cc(O)c(F)c(F)c3)c3c(N)ncnc32)nn2cccc2c1=O. The van der Waals surface area contributed by atoms with Crippen molar-refractivity contribution in [2.75, 3.05) is 5.73 Å². The lowest BCUT2D eigenvalue weighted by molar-refractivity contribution is 0.407. The monoisotopic (exact) mass is 514 g/mol. The first-order valence-corrected chi connectivity index (χ1v) is 11.6. The summed E-state index contributed by atoms with van der Waals surface area (Å²) < 4.78 is 32.5. The quantitative estimate of drug-likeness (QED) is 0.360. The summed E-state index contributed by atoms with van der Waals surface area (Å²) in [7, 11) is 0. The molecule has 1 atom stereocenters. The molecule has 0 saturated carbocycles. The van der Waals surface area contributed by atoms with Gasteiger partial charge in [-0.1, -0.05) is 30.3 Å². The molecule has 0 aliphatic carbocycles. The van der Waals surface area contributed by atoms with E-state index in [-0.39, 0.29) is 46.3 Å². The van der Waals surface area contributed by atoms with Crippen LogP contribution in [0, 0.1) is 11.6 Å². The molecule has 38 heavy (non-hydrogen) atoms. The minimum Gasteiger partial charge on any atom is -0.505 e. The van der Waals surface area contributed by atoms with Crippen molar-refractivity contribution in [1.82, 2.24) is 33.9 Å². The van der Waals surface area contributed by atoms with Crippen LogP contribution in [0.1, 0.15) is 24.4 Å². The highest BCUT2D eigenvalue weighted by atomic mass is 19.2. The average molecular weight is 514 g/mol. The number of rotatable bonds is 5. The second kappa shape index (κ2) is 8.76. The minimum absolute atomic E-state index is 0.0108. The third kappa shape index (κ3) is 3.65. The molecule has 0 saturated heterocycles. The zero-order valence-corrected chi connectivity index (χ0v) is 20.0. The molecule has 2 aromatic carbocycles. The van der Waals surface area contributed by atoms with Crippen molar-refractivity contribution in [2.45, 2.75) is 19.5 Å². The summed E-state index contributed by atoms with van der Waals surface area (Å²) in [4.78, 5) is 21.9. The summed E-state index contributed by atoms with van der Waals surface area (Å²) in [5.41, 5.74) is 7.71. The third-order valence-electron chi connectivity index (χ3n) is 6.47. The first-order valence-electron chi connectivity index (χ1n) is 11.6. The smallest absolute Gasteiger partial charge is 0.278 e. The summed E-state index contributed by atoms with van der Waals surface area (Å²) in [6.07, 6.45) is 2.93. The zero-order chi connectivity index (χ0) is 26.6. The molecular weight excluding hydrogens is 494 g/mol. The number of aromatic nitrogens is 7. The summed E-state index contributed by atoms with van der Waals surface area (Å²) in [5, 5.41) is 19.4. The molecule has 6 aromatic rings. The van der Waals surface area contributed by atoms with Crippen LogP contribution in [0.15, 0.2) is 71.9 Å². The second-order valence-corrected chi connectivity index (χ2v) is 8.77. The van der Waals surface area contributed by atoms with Gasteiger partial charge in [-0.2, -0.15) is 14.6 Å². The van der Waals surface area contributed by atoms with E-state index in [0.717, 1.165) is 17.7 Å². The minimum atomic E-state index is -1.37. The Kier molecular flexibility index (Phi) is 5.37. The second-order valence-electron chi connectivity index (χ2n) is 8.77. The van der Waals surface area contributed by atoms with Gasteiger partial charge >= 0.3 is 0 Å². The standard InChI is InChI=1S/C26H20F2N8O2/c1-14(15-6-3-2-4-7-15)36-20(32-34-9-5-8-18(34)26(36)38)12-35-25-21(24(29)30-13-31-25)23(33-35)16-10-17(27)22(28)19(37)11-16/h2-11,13-14,37H,12H2,1H3,(H2,29,30,31). The number of fused-ring (bicyclic) bond motifs is 2. The topological polar surface area (TPSA) is 129 Å². The van der Waals surface area contributed by atoms with Crippen molar-refractivity contribution in [3.63, 3.8) is 0 Å². The normalized spacial score (nSPS) is 12.4. The van der Waals surface area contributed by atoms with E-state index in [9.17, 15) is 18.7 Å². The van der Waals surface area contributed by atoms with Crippen molar-refractivity contribution in [3.8, 4) is 17.0 Å². The van der Waals surface area contributed by atoms with Gasteiger partial charge in [-0.25, -0.2) is 23.6 Å². The van der Waals surface area contributed by atoms with E-state index >= 15 is 0 Å². The molecule has 0 radical (unpaired) electrons. The van der Waals surface area contributed by atoms with Gasteiger partial charge in [0.2, 0.25) is 0 Å². The number of nitrogen functional groups attached to an aromatic ring is 1. The van der Waals surface area contributed by atoms with Crippen LogP contribution in [-0.4, -0.2) is 39.0 Å². The summed E-state index contributed by atoms with van der Waals surface area (Å²) in [5.74, 6) is -3.06. The van der Waals surface area contributed by atoms with Crippen LogP contribution >= 0.6 is 0 Å². The number of nitrogens with two attached hydrogens (primary N) is 1. The predicted octanol–water partition coefficient (Wildman–Crippen LogP) is 3.53. The number of halogens is 2. The Morgan fingerprint density at radius 3 is 2.61 bits per heavy atom. The van der Waals surface area contributed by atoms with Crippen LogP contribution < -0.4 is 11.3 Å². The molecule has 0 amide bonds. The molecule has 3 N–H and O–H groups in total. The predicted molar refractivity (Wildman–Crippen MR) is 136 cm³/mol. The van der Waals surface area contributed by atoms with E-state index in [2.05, 4.69) is 20.2 Å². The fourth-order valence-corrected chi connectivity index (χ4v) is 4.62. The Morgan fingerprint density at radius 1 is 1.05 bits per heavy atom. The molecule has 4 aromatic heterocycles. The first-order chi connectivity index (χ1) is 18.3. The molecule has 6 rings (SSSR count). The van der Waals surface area contributed by atoms with Crippen molar-refractivity contribution in [2.24, 2.45) is 0 Å². The number of anilines is 1. The van der Waals surface area contributed by atoms with Gasteiger partial charge in [-0.3, -0.25) is 9.36 Å². The van der Waals surface area contributed by atoms with E-state index in [1.54, 1.807) is 22.9 Å². The summed E-state index contributed by atoms with van der Waals surface area (Å²) in [6, 6.07) is 14.5. The number of nitrogens with zero attached hydrogens (tertiary/aromatic N) is 7. The van der Waals surface area contributed by atoms with E-state index in [4.69, 9.17) is 5.73 Å². The lowest BCUT2D eigenvalue weighted by atomic mass is 10.1. The van der Waals surface area contributed by atoms with Gasteiger partial charge in [-0.15, -0.1) is 0 Å². The maximum Gasteiger partial charge on any atom is 0.278 e. The zero-order valence-electron chi connectivity index (χ0n) is 20.0. The fourth-order valence-electron chi connectivity index (χ4n) is 4.62. The van der Waals surface area contributed by atoms with Crippen molar-refractivity contribution in [1.29, 1.82) is 0 Å². The van der Waals surface area contributed by atoms with Crippen LogP contribution in [-0.2, 0) is 6.54 Å². The van der Waals surface area contributed by atoms with Gasteiger partial charge in [0.05, 0.1) is 11.4 Å². The van der Waals surface area contributed by atoms with Gasteiger partial charge in [0.25, 0.3) is 5.56 Å². The lowest BCUT2D eigenvalue weighted by Gasteiger charge is -2.20. The molecular formula is C26H20F2N8O2. The number of phenolic OH excluding ortho intramolecular Hbond substituents is 1. The number of hydrogen-bond donors (Lipinski definition) is 2. The van der Waals surface area contributed by atoms with Crippen molar-refractivity contribution >= 4 is 22.4 Å². The Hall–Kier alpha value is -5.13. The molecule has 1 unspecified atom stereocenters. The Labute approximate surface area is 213 Å². The largest absolute Gasteiger partial charge is 0.505 e. The van der Waals surface area contributed by atoms with Crippen LogP contribution in [0.3, 0.4) is 0 Å². The Morgan fingerprint density at radius 2 is 1.84 bits per heavy atom. The fraction of sp³-hybridized carbons (Fsp3) is 0.115. The molecule has 190 valence electrons. The Bertz CT molecular complexity index is 1870. The van der Waals surface area contributed by atoms with Crippen LogP contribution in [0.4, 0.5) is 14.6 Å². The number of benzene rings is 2. The molecule has 12 heteroatoms. The highest BCUT2D eigenvalue weighted by Gasteiger charge is 2.23. The van der Waals surface area contributed by atoms with E-state index in [1.807, 2.05) is 37.3 Å². The number of hydrogen-bond acceptors (Lipinski definition) is 7. The first kappa shape index (κ1) is 23.3. The van der Waals surface area contributed by atoms with Gasteiger partial charge < -0.3 is 10.8 Å². The van der Waals surface area contributed by atoms with Gasteiger partial charge in [-0.05, 0) is 36.8 Å². The summed E-state index contributed by atoms with van der Waals surface area (Å²) in [6.45, 7) is 1.89. The lowest BCUT2D eigenvalue weighted by Crippen LogP contribution is -2.31.